The van der Waals surface area contributed by atoms with Crippen LogP contribution < -0.4 is 15.8 Å². The molecule has 0 saturated heterocycles. The molecule has 0 spiro atoms. The van der Waals surface area contributed by atoms with Gasteiger partial charge in [-0.15, -0.1) is 0 Å². The minimum atomic E-state index is -0.128. The molecule has 2 aromatic carbocycles. The van der Waals surface area contributed by atoms with Crippen molar-refractivity contribution >= 4 is 27.5 Å². The lowest BCUT2D eigenvalue weighted by Gasteiger charge is -2.08. The van der Waals surface area contributed by atoms with Crippen LogP contribution in [0, 0.1) is 0 Å². The number of halogens is 1. The van der Waals surface area contributed by atoms with Gasteiger partial charge in [-0.25, -0.2) is 0 Å². The molecule has 0 unspecified atom stereocenters. The van der Waals surface area contributed by atoms with Crippen LogP contribution in [0.5, 0.6) is 5.75 Å². The number of anilines is 1. The van der Waals surface area contributed by atoms with Gasteiger partial charge in [-0.05, 0) is 58.2 Å². The second kappa shape index (κ2) is 7.13. The molecule has 0 heterocycles. The van der Waals surface area contributed by atoms with Crippen LogP contribution in [0.25, 0.3) is 0 Å². The molecule has 0 bridgehead atoms. The summed E-state index contributed by atoms with van der Waals surface area (Å²) in [5.74, 6) is 0.691. The quantitative estimate of drug-likeness (QED) is 0.816. The molecular formula is C16H17BrN2O2. The van der Waals surface area contributed by atoms with Gasteiger partial charge in [0.1, 0.15) is 5.75 Å². The molecule has 0 aliphatic carbocycles. The van der Waals surface area contributed by atoms with Crippen molar-refractivity contribution in [3.8, 4) is 5.75 Å². The van der Waals surface area contributed by atoms with E-state index in [0.29, 0.717) is 17.8 Å². The Morgan fingerprint density at radius 2 is 2.10 bits per heavy atom. The molecule has 3 N–H and O–H groups in total. The molecule has 0 saturated carbocycles. The number of hydrogen-bond acceptors (Lipinski definition) is 3. The fourth-order valence-electron chi connectivity index (χ4n) is 1.94. The van der Waals surface area contributed by atoms with E-state index in [4.69, 9.17) is 10.5 Å². The zero-order valence-corrected chi connectivity index (χ0v) is 13.3. The molecule has 1 amide bonds. The number of amides is 1. The SMILES string of the molecule is COc1cccc(CCNC(=O)c2ccc(Br)c(N)c2)c1. The number of benzene rings is 2. The Bertz CT molecular complexity index is 644. The lowest BCUT2D eigenvalue weighted by Crippen LogP contribution is -2.25. The van der Waals surface area contributed by atoms with Crippen LogP contribution >= 0.6 is 15.9 Å². The number of carbonyl (C=O) groups is 1. The summed E-state index contributed by atoms with van der Waals surface area (Å²) in [6.07, 6.45) is 0.745. The van der Waals surface area contributed by atoms with Crippen molar-refractivity contribution in [1.82, 2.24) is 5.32 Å². The maximum absolute atomic E-state index is 12.0. The molecule has 0 radical (unpaired) electrons. The highest BCUT2D eigenvalue weighted by molar-refractivity contribution is 9.10. The van der Waals surface area contributed by atoms with Crippen molar-refractivity contribution in [2.45, 2.75) is 6.42 Å². The topological polar surface area (TPSA) is 64.3 Å². The van der Waals surface area contributed by atoms with Crippen LogP contribution in [-0.4, -0.2) is 19.6 Å². The van der Waals surface area contributed by atoms with Crippen molar-refractivity contribution in [3.63, 3.8) is 0 Å². The molecule has 2 aromatic rings. The summed E-state index contributed by atoms with van der Waals surface area (Å²) >= 11 is 3.31. The summed E-state index contributed by atoms with van der Waals surface area (Å²) in [7, 11) is 1.64. The number of nitrogens with two attached hydrogens (primary N) is 1. The summed E-state index contributed by atoms with van der Waals surface area (Å²) in [4.78, 5) is 12.0. The van der Waals surface area contributed by atoms with Gasteiger partial charge in [0.15, 0.2) is 0 Å². The predicted octanol–water partition coefficient (Wildman–Crippen LogP) is 3.01. The average Bonchev–Trinajstić information content (AvgIpc) is 2.50. The van der Waals surface area contributed by atoms with E-state index in [1.165, 1.54) is 0 Å². The number of ether oxygens (including phenoxy) is 1. The maximum atomic E-state index is 12.0. The smallest absolute Gasteiger partial charge is 0.251 e. The predicted molar refractivity (Wildman–Crippen MR) is 87.6 cm³/mol. The molecule has 21 heavy (non-hydrogen) atoms. The molecule has 4 nitrogen and oxygen atoms in total. The number of carbonyl (C=O) groups excluding carboxylic acids is 1. The first-order valence-electron chi connectivity index (χ1n) is 6.56. The Morgan fingerprint density at radius 1 is 1.29 bits per heavy atom. The molecular weight excluding hydrogens is 332 g/mol. The van der Waals surface area contributed by atoms with Gasteiger partial charge in [0.2, 0.25) is 0 Å². The Balaban J connectivity index is 1.90. The molecule has 0 fully saturated rings. The van der Waals surface area contributed by atoms with Crippen molar-refractivity contribution in [2.75, 3.05) is 19.4 Å². The van der Waals surface area contributed by atoms with E-state index in [1.54, 1.807) is 25.3 Å². The van der Waals surface area contributed by atoms with E-state index in [-0.39, 0.29) is 5.91 Å². The van der Waals surface area contributed by atoms with Crippen LogP contribution in [0.2, 0.25) is 0 Å². The summed E-state index contributed by atoms with van der Waals surface area (Å²) in [6.45, 7) is 0.558. The molecule has 0 aliphatic rings. The van der Waals surface area contributed by atoms with Crippen LogP contribution in [0.15, 0.2) is 46.9 Å². The summed E-state index contributed by atoms with van der Waals surface area (Å²) in [6, 6.07) is 13.0. The maximum Gasteiger partial charge on any atom is 0.251 e. The van der Waals surface area contributed by atoms with Crippen LogP contribution in [0.1, 0.15) is 15.9 Å². The molecule has 110 valence electrons. The minimum Gasteiger partial charge on any atom is -0.497 e. The Hall–Kier alpha value is -2.01. The van der Waals surface area contributed by atoms with Gasteiger partial charge in [0, 0.05) is 22.3 Å². The van der Waals surface area contributed by atoms with Crippen molar-refractivity contribution in [3.05, 3.63) is 58.1 Å². The third-order valence-corrected chi connectivity index (χ3v) is 3.81. The number of rotatable bonds is 5. The highest BCUT2D eigenvalue weighted by Gasteiger charge is 2.07. The average molecular weight is 349 g/mol. The molecule has 0 atom stereocenters. The fourth-order valence-corrected chi connectivity index (χ4v) is 2.18. The number of hydrogen-bond donors (Lipinski definition) is 2. The van der Waals surface area contributed by atoms with E-state index in [9.17, 15) is 4.79 Å². The first-order chi connectivity index (χ1) is 10.1. The largest absolute Gasteiger partial charge is 0.497 e. The number of nitrogen functional groups attached to an aromatic ring is 1. The van der Waals surface area contributed by atoms with Gasteiger partial charge in [-0.2, -0.15) is 0 Å². The van der Waals surface area contributed by atoms with E-state index >= 15 is 0 Å². The monoisotopic (exact) mass is 348 g/mol. The van der Waals surface area contributed by atoms with Gasteiger partial charge >= 0.3 is 0 Å². The van der Waals surface area contributed by atoms with Crippen molar-refractivity contribution in [1.29, 1.82) is 0 Å². The van der Waals surface area contributed by atoms with Crippen molar-refractivity contribution in [2.24, 2.45) is 0 Å². The van der Waals surface area contributed by atoms with Gasteiger partial charge < -0.3 is 15.8 Å². The van der Waals surface area contributed by atoms with Crippen LogP contribution in [0.3, 0.4) is 0 Å². The van der Waals surface area contributed by atoms with Gasteiger partial charge in [-0.3, -0.25) is 4.79 Å². The van der Waals surface area contributed by atoms with Crippen molar-refractivity contribution < 1.29 is 9.53 Å². The van der Waals surface area contributed by atoms with Crippen LogP contribution in [-0.2, 0) is 6.42 Å². The third-order valence-electron chi connectivity index (χ3n) is 3.09. The Kier molecular flexibility index (Phi) is 5.22. The summed E-state index contributed by atoms with van der Waals surface area (Å²) in [5.41, 5.74) is 7.99. The lowest BCUT2D eigenvalue weighted by atomic mass is 10.1. The van der Waals surface area contributed by atoms with Crippen LogP contribution in [0.4, 0.5) is 5.69 Å². The van der Waals surface area contributed by atoms with E-state index in [0.717, 1.165) is 22.2 Å². The van der Waals surface area contributed by atoms with Gasteiger partial charge in [0.05, 0.1) is 7.11 Å². The van der Waals surface area contributed by atoms with Gasteiger partial charge in [-0.1, -0.05) is 12.1 Å². The standard InChI is InChI=1S/C16H17BrN2O2/c1-21-13-4-2-3-11(9-13)7-8-19-16(20)12-5-6-14(17)15(18)10-12/h2-6,9-10H,7-8,18H2,1H3,(H,19,20). The second-order valence-electron chi connectivity index (χ2n) is 4.59. The fraction of sp³-hybridized carbons (Fsp3) is 0.188. The zero-order valence-electron chi connectivity index (χ0n) is 11.7. The molecule has 0 aromatic heterocycles. The number of methoxy groups -OCH3 is 1. The normalized spacial score (nSPS) is 10.2. The highest BCUT2D eigenvalue weighted by Crippen LogP contribution is 2.20. The third kappa shape index (κ3) is 4.23. The molecule has 5 heteroatoms. The Morgan fingerprint density at radius 3 is 2.81 bits per heavy atom. The Labute approximate surface area is 132 Å². The van der Waals surface area contributed by atoms with E-state index in [1.807, 2.05) is 24.3 Å². The van der Waals surface area contributed by atoms with E-state index < -0.39 is 0 Å². The minimum absolute atomic E-state index is 0.128. The second-order valence-corrected chi connectivity index (χ2v) is 5.45. The first-order valence-corrected chi connectivity index (χ1v) is 7.35. The summed E-state index contributed by atoms with van der Waals surface area (Å²) in [5, 5.41) is 2.88. The highest BCUT2D eigenvalue weighted by atomic mass is 79.9. The number of nitrogens with one attached hydrogen (secondary N) is 1. The lowest BCUT2D eigenvalue weighted by molar-refractivity contribution is 0.0954. The first kappa shape index (κ1) is 15.4. The molecule has 0 aliphatic heterocycles. The summed E-state index contributed by atoms with van der Waals surface area (Å²) < 4.78 is 5.96. The van der Waals surface area contributed by atoms with Gasteiger partial charge in [0.25, 0.3) is 5.91 Å². The molecule has 2 rings (SSSR count). The van der Waals surface area contributed by atoms with E-state index in [2.05, 4.69) is 21.2 Å². The zero-order chi connectivity index (χ0) is 15.2.